The molecule has 0 aliphatic carbocycles. The quantitative estimate of drug-likeness (QED) is 0.378. The minimum absolute atomic E-state index is 0.0372. The molecule has 2 aromatic rings. The molecule has 0 spiro atoms. The van der Waals surface area contributed by atoms with Crippen molar-refractivity contribution in [2.75, 3.05) is 0 Å². The van der Waals surface area contributed by atoms with E-state index in [1.54, 1.807) is 0 Å². The summed E-state index contributed by atoms with van der Waals surface area (Å²) in [5, 5.41) is 16.6. The van der Waals surface area contributed by atoms with Gasteiger partial charge in [0.1, 0.15) is 0 Å². The SMILES string of the molecule is Cc1cc(-n2nc(C)c(C)c2C)c(/C(N)=N/O)c(C)n1. The fourth-order valence-electron chi connectivity index (χ4n) is 2.30. The molecule has 0 saturated heterocycles. The normalized spacial score (nSPS) is 11.9. The lowest BCUT2D eigenvalue weighted by molar-refractivity contribution is 0.318. The monoisotopic (exact) mass is 273 g/mol. The molecular formula is C14H19N5O. The molecule has 0 bridgehead atoms. The standard InChI is InChI=1S/C14H19N5O/c1-7-6-12(13(10(4)16-7)14(15)18-20)19-11(5)8(2)9(3)17-19/h6,20H,1-5H3,(H2,15,18). The molecule has 0 saturated carbocycles. The zero-order chi connectivity index (χ0) is 15.0. The molecule has 6 nitrogen and oxygen atoms in total. The van der Waals surface area contributed by atoms with Gasteiger partial charge in [-0.3, -0.25) is 4.98 Å². The van der Waals surface area contributed by atoms with E-state index in [2.05, 4.69) is 15.2 Å². The van der Waals surface area contributed by atoms with Crippen LogP contribution in [0.15, 0.2) is 11.2 Å². The molecule has 0 aliphatic rings. The van der Waals surface area contributed by atoms with E-state index >= 15 is 0 Å². The molecule has 0 unspecified atom stereocenters. The molecule has 0 fully saturated rings. The van der Waals surface area contributed by atoms with E-state index in [1.165, 1.54) is 0 Å². The Morgan fingerprint density at radius 2 is 1.85 bits per heavy atom. The third-order valence-corrected chi connectivity index (χ3v) is 3.55. The summed E-state index contributed by atoms with van der Waals surface area (Å²) in [4.78, 5) is 4.37. The maximum atomic E-state index is 8.99. The van der Waals surface area contributed by atoms with Gasteiger partial charge in [-0.25, -0.2) is 4.68 Å². The van der Waals surface area contributed by atoms with Gasteiger partial charge in [-0.2, -0.15) is 5.10 Å². The highest BCUT2D eigenvalue weighted by Crippen LogP contribution is 2.22. The van der Waals surface area contributed by atoms with E-state index in [1.807, 2.05) is 45.4 Å². The summed E-state index contributed by atoms with van der Waals surface area (Å²) < 4.78 is 1.82. The highest BCUT2D eigenvalue weighted by atomic mass is 16.4. The molecule has 0 radical (unpaired) electrons. The van der Waals surface area contributed by atoms with Gasteiger partial charge in [0.25, 0.3) is 0 Å². The topological polar surface area (TPSA) is 89.3 Å². The molecule has 0 aliphatic heterocycles. The minimum atomic E-state index is 0.0372. The molecule has 2 aromatic heterocycles. The Hall–Kier alpha value is -2.37. The minimum Gasteiger partial charge on any atom is -0.409 e. The van der Waals surface area contributed by atoms with Crippen LogP contribution in [0.3, 0.4) is 0 Å². The molecule has 2 heterocycles. The molecule has 106 valence electrons. The summed E-state index contributed by atoms with van der Waals surface area (Å²) in [7, 11) is 0. The first-order chi connectivity index (χ1) is 9.36. The van der Waals surface area contributed by atoms with Crippen LogP contribution < -0.4 is 5.73 Å². The van der Waals surface area contributed by atoms with Gasteiger partial charge in [0.2, 0.25) is 0 Å². The van der Waals surface area contributed by atoms with Crippen molar-refractivity contribution >= 4 is 5.84 Å². The van der Waals surface area contributed by atoms with Crippen LogP contribution in [0.1, 0.15) is 33.9 Å². The van der Waals surface area contributed by atoms with E-state index in [0.29, 0.717) is 11.3 Å². The van der Waals surface area contributed by atoms with E-state index in [0.717, 1.165) is 28.3 Å². The maximum Gasteiger partial charge on any atom is 0.174 e. The molecule has 0 aromatic carbocycles. The number of rotatable bonds is 2. The first-order valence-corrected chi connectivity index (χ1v) is 6.36. The fraction of sp³-hybridized carbons (Fsp3) is 0.357. The van der Waals surface area contributed by atoms with E-state index in [9.17, 15) is 0 Å². The van der Waals surface area contributed by atoms with Crippen molar-refractivity contribution in [2.24, 2.45) is 10.9 Å². The van der Waals surface area contributed by atoms with Crippen molar-refractivity contribution in [1.82, 2.24) is 14.8 Å². The van der Waals surface area contributed by atoms with Crippen molar-refractivity contribution in [3.8, 4) is 5.69 Å². The van der Waals surface area contributed by atoms with Crippen molar-refractivity contribution in [3.05, 3.63) is 40.0 Å². The summed E-state index contributed by atoms with van der Waals surface area (Å²) in [5.41, 5.74) is 11.9. The Bertz CT molecular complexity index is 700. The second-order valence-corrected chi connectivity index (χ2v) is 4.94. The highest BCUT2D eigenvalue weighted by molar-refractivity contribution is 6.01. The molecule has 20 heavy (non-hydrogen) atoms. The number of nitrogens with two attached hydrogens (primary N) is 1. The molecular weight excluding hydrogens is 254 g/mol. The summed E-state index contributed by atoms with van der Waals surface area (Å²) >= 11 is 0. The molecule has 3 N–H and O–H groups in total. The number of aromatic nitrogens is 3. The van der Waals surface area contributed by atoms with Crippen molar-refractivity contribution in [2.45, 2.75) is 34.6 Å². The van der Waals surface area contributed by atoms with Gasteiger partial charge in [0.15, 0.2) is 5.84 Å². The highest BCUT2D eigenvalue weighted by Gasteiger charge is 2.18. The summed E-state index contributed by atoms with van der Waals surface area (Å²) in [6, 6.07) is 1.89. The number of oxime groups is 1. The average Bonchev–Trinajstić information content (AvgIpc) is 2.65. The average molecular weight is 273 g/mol. The zero-order valence-corrected chi connectivity index (χ0v) is 12.4. The summed E-state index contributed by atoms with van der Waals surface area (Å²) in [6.07, 6.45) is 0. The van der Waals surface area contributed by atoms with E-state index in [4.69, 9.17) is 10.9 Å². The van der Waals surface area contributed by atoms with E-state index in [-0.39, 0.29) is 5.84 Å². The largest absolute Gasteiger partial charge is 0.409 e. The Kier molecular flexibility index (Phi) is 3.48. The van der Waals surface area contributed by atoms with Crippen LogP contribution in [-0.4, -0.2) is 25.8 Å². The van der Waals surface area contributed by atoms with Crippen LogP contribution in [0.5, 0.6) is 0 Å². The number of hydrogen-bond donors (Lipinski definition) is 2. The lowest BCUT2D eigenvalue weighted by atomic mass is 10.1. The van der Waals surface area contributed by atoms with Gasteiger partial charge in [0, 0.05) is 11.4 Å². The Labute approximate surface area is 117 Å². The van der Waals surface area contributed by atoms with Gasteiger partial charge in [0.05, 0.1) is 22.6 Å². The smallest absolute Gasteiger partial charge is 0.174 e. The van der Waals surface area contributed by atoms with Gasteiger partial charge in [-0.15, -0.1) is 0 Å². The van der Waals surface area contributed by atoms with Crippen LogP contribution in [-0.2, 0) is 0 Å². The van der Waals surface area contributed by atoms with Gasteiger partial charge in [-0.05, 0) is 46.2 Å². The molecule has 6 heteroatoms. The summed E-state index contributed by atoms with van der Waals surface area (Å²) in [5.74, 6) is 0.0372. The maximum absolute atomic E-state index is 8.99. The third kappa shape index (κ3) is 2.13. The van der Waals surface area contributed by atoms with Gasteiger partial charge < -0.3 is 10.9 Å². The van der Waals surface area contributed by atoms with Crippen LogP contribution in [0.2, 0.25) is 0 Å². The predicted molar refractivity (Wildman–Crippen MR) is 77.6 cm³/mol. The van der Waals surface area contributed by atoms with E-state index < -0.39 is 0 Å². The number of hydrogen-bond acceptors (Lipinski definition) is 4. The van der Waals surface area contributed by atoms with Crippen LogP contribution >= 0.6 is 0 Å². The molecule has 0 amide bonds. The van der Waals surface area contributed by atoms with Gasteiger partial charge >= 0.3 is 0 Å². The van der Waals surface area contributed by atoms with Crippen LogP contribution in [0.25, 0.3) is 5.69 Å². The Morgan fingerprint density at radius 3 is 2.35 bits per heavy atom. The van der Waals surface area contributed by atoms with Crippen molar-refractivity contribution in [1.29, 1.82) is 0 Å². The van der Waals surface area contributed by atoms with Crippen LogP contribution in [0.4, 0.5) is 0 Å². The first kappa shape index (κ1) is 14.0. The Balaban J connectivity index is 2.82. The number of aryl methyl sites for hydroxylation is 3. The van der Waals surface area contributed by atoms with Crippen LogP contribution in [0, 0.1) is 34.6 Å². The lowest BCUT2D eigenvalue weighted by Crippen LogP contribution is -2.20. The first-order valence-electron chi connectivity index (χ1n) is 6.36. The third-order valence-electron chi connectivity index (χ3n) is 3.55. The molecule has 2 rings (SSSR count). The summed E-state index contributed by atoms with van der Waals surface area (Å²) in [6.45, 7) is 9.73. The predicted octanol–water partition coefficient (Wildman–Crippen LogP) is 1.90. The zero-order valence-electron chi connectivity index (χ0n) is 12.4. The number of nitrogens with zero attached hydrogens (tertiary/aromatic N) is 4. The second-order valence-electron chi connectivity index (χ2n) is 4.94. The number of pyridine rings is 1. The fourth-order valence-corrected chi connectivity index (χ4v) is 2.30. The van der Waals surface area contributed by atoms with Crippen molar-refractivity contribution < 1.29 is 5.21 Å². The van der Waals surface area contributed by atoms with Crippen molar-refractivity contribution in [3.63, 3.8) is 0 Å². The van der Waals surface area contributed by atoms with Gasteiger partial charge in [-0.1, -0.05) is 5.16 Å². The Morgan fingerprint density at radius 1 is 1.20 bits per heavy atom. The molecule has 0 atom stereocenters. The lowest BCUT2D eigenvalue weighted by Gasteiger charge is -2.13. The second kappa shape index (κ2) is 4.96. The number of amidine groups is 1.